The Morgan fingerprint density at radius 2 is 1.80 bits per heavy atom. The molecule has 6 rings (SSSR count). The second-order valence-corrected chi connectivity index (χ2v) is 12.7. The van der Waals surface area contributed by atoms with Crippen LogP contribution in [0.2, 0.25) is 0 Å². The number of ether oxygens (including phenoxy) is 3. The molecule has 2 aromatic carbocycles. The molecule has 4 heterocycles. The van der Waals surface area contributed by atoms with E-state index in [2.05, 4.69) is 21.3 Å². The van der Waals surface area contributed by atoms with Crippen molar-refractivity contribution in [3.05, 3.63) is 58.9 Å². The van der Waals surface area contributed by atoms with E-state index in [9.17, 15) is 9.59 Å². The molecule has 0 bridgehead atoms. The van der Waals surface area contributed by atoms with Crippen LogP contribution >= 0.6 is 11.8 Å². The van der Waals surface area contributed by atoms with Crippen molar-refractivity contribution in [2.75, 3.05) is 49.6 Å². The molecular formula is C31H36N4O5S. The van der Waals surface area contributed by atoms with Gasteiger partial charge in [0.05, 0.1) is 28.7 Å². The summed E-state index contributed by atoms with van der Waals surface area (Å²) in [5, 5.41) is 3.64. The number of pyridine rings is 1. The lowest BCUT2D eigenvalue weighted by Crippen LogP contribution is -2.44. The standard InChI is InChI=1S/C31H36N4O5S/c1-31(2,3)40-30(37)35-11-9-20(10-12-35)32-21-7-8-25-27(17-21)41-26-6-4-5-23(29(26)39-25)24-18-22(19-28(36)33-24)34-13-15-38-16-14-34/h4-8,17-20,32H,9-16H2,1-3H3,(H,33,36). The number of aromatic amines is 1. The zero-order chi connectivity index (χ0) is 28.6. The fourth-order valence-electron chi connectivity index (χ4n) is 5.35. The van der Waals surface area contributed by atoms with E-state index < -0.39 is 5.60 Å². The minimum absolute atomic E-state index is 0.141. The van der Waals surface area contributed by atoms with E-state index in [1.165, 1.54) is 0 Å². The van der Waals surface area contributed by atoms with Crippen molar-refractivity contribution < 1.29 is 19.0 Å². The van der Waals surface area contributed by atoms with Gasteiger partial charge in [-0.1, -0.05) is 17.8 Å². The van der Waals surface area contributed by atoms with Crippen LogP contribution in [0.4, 0.5) is 16.2 Å². The SMILES string of the molecule is CC(C)(C)OC(=O)N1CCC(Nc2ccc3c(c2)Sc2cccc(-c4cc(N5CCOCC5)cc(=O)[nH]4)c2O3)CC1. The fourth-order valence-corrected chi connectivity index (χ4v) is 6.37. The van der Waals surface area contributed by atoms with E-state index in [1.807, 2.05) is 57.2 Å². The van der Waals surface area contributed by atoms with Crippen molar-refractivity contribution in [3.63, 3.8) is 0 Å². The Kier molecular flexibility index (Phi) is 7.61. The Balaban J connectivity index is 1.15. The summed E-state index contributed by atoms with van der Waals surface area (Å²) in [6, 6.07) is 16.1. The first-order valence-corrected chi connectivity index (χ1v) is 15.0. The third kappa shape index (κ3) is 6.33. The van der Waals surface area contributed by atoms with Crippen LogP contribution in [0.5, 0.6) is 11.5 Å². The molecule has 9 nitrogen and oxygen atoms in total. The monoisotopic (exact) mass is 576 g/mol. The van der Waals surface area contributed by atoms with Crippen LogP contribution in [0, 0.1) is 0 Å². The van der Waals surface area contributed by atoms with Crippen LogP contribution in [0.15, 0.2) is 63.1 Å². The first kappa shape index (κ1) is 27.5. The highest BCUT2D eigenvalue weighted by Crippen LogP contribution is 2.51. The lowest BCUT2D eigenvalue weighted by molar-refractivity contribution is 0.0210. The number of carbonyl (C=O) groups is 1. The van der Waals surface area contributed by atoms with Crippen molar-refractivity contribution >= 4 is 29.2 Å². The van der Waals surface area contributed by atoms with Gasteiger partial charge < -0.3 is 34.3 Å². The number of H-pyrrole nitrogens is 1. The summed E-state index contributed by atoms with van der Waals surface area (Å²) >= 11 is 1.66. The molecule has 1 amide bonds. The van der Waals surface area contributed by atoms with Gasteiger partial charge in [0.2, 0.25) is 5.56 Å². The number of nitrogens with zero attached hydrogens (tertiary/aromatic N) is 2. The van der Waals surface area contributed by atoms with Gasteiger partial charge in [0.25, 0.3) is 0 Å². The number of anilines is 2. The molecule has 2 saturated heterocycles. The number of morpholine rings is 1. The average molecular weight is 577 g/mol. The largest absolute Gasteiger partial charge is 0.454 e. The van der Waals surface area contributed by atoms with Crippen molar-refractivity contribution in [3.8, 4) is 22.8 Å². The molecule has 2 N–H and O–H groups in total. The highest BCUT2D eigenvalue weighted by atomic mass is 32.2. The van der Waals surface area contributed by atoms with Gasteiger partial charge in [0.1, 0.15) is 11.4 Å². The van der Waals surface area contributed by atoms with E-state index >= 15 is 0 Å². The highest BCUT2D eigenvalue weighted by Gasteiger charge is 2.28. The molecule has 0 unspecified atom stereocenters. The van der Waals surface area contributed by atoms with Crippen LogP contribution in [0.1, 0.15) is 33.6 Å². The second kappa shape index (κ2) is 11.3. The minimum Gasteiger partial charge on any atom is -0.454 e. The predicted molar refractivity (Wildman–Crippen MR) is 161 cm³/mol. The maximum atomic E-state index is 12.6. The number of piperidine rings is 1. The lowest BCUT2D eigenvalue weighted by atomic mass is 10.0. The molecule has 0 saturated carbocycles. The molecule has 3 aliphatic heterocycles. The molecule has 10 heteroatoms. The van der Waals surface area contributed by atoms with Crippen molar-refractivity contribution in [2.45, 2.75) is 55.0 Å². The number of carbonyl (C=O) groups excluding carboxylic acids is 1. The Hall–Kier alpha value is -3.63. The average Bonchev–Trinajstić information content (AvgIpc) is 2.95. The molecule has 0 radical (unpaired) electrons. The lowest BCUT2D eigenvalue weighted by Gasteiger charge is -2.34. The number of nitrogens with one attached hydrogen (secondary N) is 2. The van der Waals surface area contributed by atoms with E-state index in [-0.39, 0.29) is 17.7 Å². The van der Waals surface area contributed by atoms with Gasteiger partial charge in [0.15, 0.2) is 5.75 Å². The molecule has 2 fully saturated rings. The molecular weight excluding hydrogens is 540 g/mol. The van der Waals surface area contributed by atoms with Crippen LogP contribution in [0.3, 0.4) is 0 Å². The zero-order valence-corrected chi connectivity index (χ0v) is 24.5. The molecule has 0 atom stereocenters. The summed E-state index contributed by atoms with van der Waals surface area (Å²) in [4.78, 5) is 34.0. The Morgan fingerprint density at radius 3 is 2.56 bits per heavy atom. The third-order valence-electron chi connectivity index (χ3n) is 7.37. The van der Waals surface area contributed by atoms with Gasteiger partial charge in [0, 0.05) is 55.2 Å². The Bertz CT molecular complexity index is 1490. The van der Waals surface area contributed by atoms with Crippen molar-refractivity contribution in [1.82, 2.24) is 9.88 Å². The first-order chi connectivity index (χ1) is 19.7. The van der Waals surface area contributed by atoms with Gasteiger partial charge in [-0.25, -0.2) is 4.79 Å². The number of aromatic nitrogens is 1. The number of likely N-dealkylation sites (tertiary alicyclic amines) is 1. The van der Waals surface area contributed by atoms with Gasteiger partial charge >= 0.3 is 6.09 Å². The quantitative estimate of drug-likeness (QED) is 0.308. The van der Waals surface area contributed by atoms with Gasteiger partial charge in [-0.3, -0.25) is 4.79 Å². The molecule has 3 aromatic rings. The number of hydrogen-bond acceptors (Lipinski definition) is 8. The second-order valence-electron chi connectivity index (χ2n) is 11.6. The Morgan fingerprint density at radius 1 is 1.02 bits per heavy atom. The molecule has 41 heavy (non-hydrogen) atoms. The van der Waals surface area contributed by atoms with Crippen LogP contribution in [-0.4, -0.2) is 67.0 Å². The van der Waals surface area contributed by atoms with Crippen molar-refractivity contribution in [1.29, 1.82) is 0 Å². The first-order valence-electron chi connectivity index (χ1n) is 14.2. The summed E-state index contributed by atoms with van der Waals surface area (Å²) in [7, 11) is 0. The maximum absolute atomic E-state index is 12.6. The van der Waals surface area contributed by atoms with Gasteiger partial charge in [-0.15, -0.1) is 0 Å². The van der Waals surface area contributed by atoms with Crippen LogP contribution in [-0.2, 0) is 9.47 Å². The van der Waals surface area contributed by atoms with Crippen molar-refractivity contribution in [2.24, 2.45) is 0 Å². The summed E-state index contributed by atoms with van der Waals surface area (Å²) < 4.78 is 17.5. The van der Waals surface area contributed by atoms with E-state index in [1.54, 1.807) is 22.7 Å². The predicted octanol–water partition coefficient (Wildman–Crippen LogP) is 5.95. The number of benzene rings is 2. The number of rotatable bonds is 4. The minimum atomic E-state index is -0.487. The van der Waals surface area contributed by atoms with E-state index in [0.717, 1.165) is 69.9 Å². The summed E-state index contributed by atoms with van der Waals surface area (Å²) in [5.74, 6) is 1.53. The summed E-state index contributed by atoms with van der Waals surface area (Å²) in [6.45, 7) is 9.83. The smallest absolute Gasteiger partial charge is 0.410 e. The van der Waals surface area contributed by atoms with Crippen LogP contribution in [0.25, 0.3) is 11.3 Å². The number of fused-ring (bicyclic) bond motifs is 2. The van der Waals surface area contributed by atoms with Crippen LogP contribution < -0.4 is 20.5 Å². The third-order valence-corrected chi connectivity index (χ3v) is 8.45. The van der Waals surface area contributed by atoms with E-state index in [4.69, 9.17) is 14.2 Å². The molecule has 216 valence electrons. The number of para-hydroxylation sites is 1. The fraction of sp³-hybridized carbons (Fsp3) is 0.419. The zero-order valence-electron chi connectivity index (χ0n) is 23.7. The molecule has 1 aromatic heterocycles. The summed E-state index contributed by atoms with van der Waals surface area (Å²) in [5.41, 5.74) is 2.87. The molecule has 0 spiro atoms. The Labute approximate surface area is 244 Å². The maximum Gasteiger partial charge on any atom is 0.410 e. The molecule has 3 aliphatic rings. The number of hydrogen-bond donors (Lipinski definition) is 2. The molecule has 0 aliphatic carbocycles. The number of amides is 1. The topological polar surface area (TPSA) is 96.1 Å². The van der Waals surface area contributed by atoms with Gasteiger partial charge in [-0.05, 0) is 70.0 Å². The summed E-state index contributed by atoms with van der Waals surface area (Å²) in [6.07, 6.45) is 1.47. The highest BCUT2D eigenvalue weighted by molar-refractivity contribution is 7.99. The van der Waals surface area contributed by atoms with Gasteiger partial charge in [-0.2, -0.15) is 0 Å². The van der Waals surface area contributed by atoms with E-state index in [0.29, 0.717) is 26.3 Å². The normalized spacial score (nSPS) is 17.3.